The Balaban J connectivity index is 2.17. The van der Waals surface area contributed by atoms with Gasteiger partial charge in [0.05, 0.1) is 4.92 Å². The molecule has 0 radical (unpaired) electrons. The number of nitrogens with zero attached hydrogens (tertiary/aromatic N) is 1. The van der Waals surface area contributed by atoms with E-state index in [0.29, 0.717) is 5.56 Å². The molecule has 2 rings (SSSR count). The summed E-state index contributed by atoms with van der Waals surface area (Å²) in [6.07, 6.45) is 0.211. The molecule has 0 aliphatic carbocycles. The van der Waals surface area contributed by atoms with Crippen LogP contribution < -0.4 is 5.73 Å². The average molecular weight is 296 g/mol. The smallest absolute Gasteiger partial charge is 0.269 e. The van der Waals surface area contributed by atoms with Crippen LogP contribution in [0.3, 0.4) is 0 Å². The third kappa shape index (κ3) is 3.38. The van der Waals surface area contributed by atoms with Gasteiger partial charge in [0.1, 0.15) is 0 Å². The fourth-order valence-corrected chi connectivity index (χ4v) is 1.91. The van der Waals surface area contributed by atoms with Gasteiger partial charge in [-0.1, -0.05) is 12.1 Å². The predicted octanol–water partition coefficient (Wildman–Crippen LogP) is 3.25. The molecular formula is C14H11F3N2O2. The molecule has 0 aliphatic heterocycles. The van der Waals surface area contributed by atoms with E-state index in [1.165, 1.54) is 24.3 Å². The van der Waals surface area contributed by atoms with Crippen molar-refractivity contribution < 1.29 is 18.1 Å². The van der Waals surface area contributed by atoms with Crippen molar-refractivity contribution >= 4 is 5.69 Å². The number of rotatable bonds is 4. The molecule has 0 heterocycles. The fourth-order valence-electron chi connectivity index (χ4n) is 1.91. The van der Waals surface area contributed by atoms with Gasteiger partial charge in [0, 0.05) is 18.2 Å². The molecule has 110 valence electrons. The first kappa shape index (κ1) is 15.0. The fraction of sp³-hybridized carbons (Fsp3) is 0.143. The maximum Gasteiger partial charge on any atom is 0.269 e. The second-order valence-electron chi connectivity index (χ2n) is 4.53. The van der Waals surface area contributed by atoms with E-state index in [1.807, 2.05) is 0 Å². The van der Waals surface area contributed by atoms with Crippen LogP contribution in [-0.4, -0.2) is 4.92 Å². The van der Waals surface area contributed by atoms with E-state index in [2.05, 4.69) is 0 Å². The Morgan fingerprint density at radius 2 is 1.62 bits per heavy atom. The van der Waals surface area contributed by atoms with Crippen LogP contribution in [0.25, 0.3) is 0 Å². The summed E-state index contributed by atoms with van der Waals surface area (Å²) in [5, 5.41) is 10.5. The first-order chi connectivity index (χ1) is 9.88. The minimum absolute atomic E-state index is 0.0637. The van der Waals surface area contributed by atoms with Crippen molar-refractivity contribution in [3.05, 3.63) is 75.1 Å². The van der Waals surface area contributed by atoms with E-state index >= 15 is 0 Å². The molecule has 2 aromatic carbocycles. The van der Waals surface area contributed by atoms with E-state index in [1.54, 1.807) is 0 Å². The topological polar surface area (TPSA) is 69.2 Å². The van der Waals surface area contributed by atoms with Crippen LogP contribution in [0, 0.1) is 27.6 Å². The van der Waals surface area contributed by atoms with Crippen molar-refractivity contribution in [2.75, 3.05) is 0 Å². The Bertz CT molecular complexity index is 651. The molecule has 0 spiro atoms. The molecule has 7 heteroatoms. The number of benzene rings is 2. The molecule has 0 bridgehead atoms. The van der Waals surface area contributed by atoms with Gasteiger partial charge < -0.3 is 5.73 Å². The van der Waals surface area contributed by atoms with Gasteiger partial charge in [0.2, 0.25) is 0 Å². The number of nitrogens with two attached hydrogens (primary N) is 1. The Morgan fingerprint density at radius 3 is 2.10 bits per heavy atom. The summed E-state index contributed by atoms with van der Waals surface area (Å²) in [6.45, 7) is 0. The van der Waals surface area contributed by atoms with E-state index in [4.69, 9.17) is 5.73 Å². The molecule has 0 fully saturated rings. The highest BCUT2D eigenvalue weighted by atomic mass is 19.2. The van der Waals surface area contributed by atoms with Gasteiger partial charge in [-0.2, -0.15) is 0 Å². The number of hydrogen-bond acceptors (Lipinski definition) is 3. The maximum atomic E-state index is 13.1. The lowest BCUT2D eigenvalue weighted by atomic mass is 9.99. The number of hydrogen-bond donors (Lipinski definition) is 1. The van der Waals surface area contributed by atoms with Crippen LogP contribution in [0.1, 0.15) is 17.2 Å². The third-order valence-electron chi connectivity index (χ3n) is 3.04. The van der Waals surface area contributed by atoms with Gasteiger partial charge >= 0.3 is 0 Å². The number of nitro groups is 1. The zero-order valence-corrected chi connectivity index (χ0v) is 10.7. The lowest BCUT2D eigenvalue weighted by Crippen LogP contribution is -2.14. The van der Waals surface area contributed by atoms with Gasteiger partial charge in [-0.05, 0) is 29.7 Å². The van der Waals surface area contributed by atoms with E-state index < -0.39 is 28.4 Å². The SMILES string of the molecule is NC(Cc1ccc([N+](=O)[O-])cc1)c1cc(F)c(F)c(F)c1. The lowest BCUT2D eigenvalue weighted by molar-refractivity contribution is -0.384. The summed E-state index contributed by atoms with van der Waals surface area (Å²) in [5.41, 5.74) is 6.54. The van der Waals surface area contributed by atoms with Crippen molar-refractivity contribution in [1.82, 2.24) is 0 Å². The third-order valence-corrected chi connectivity index (χ3v) is 3.04. The van der Waals surface area contributed by atoms with Crippen LogP contribution in [0.2, 0.25) is 0 Å². The molecule has 21 heavy (non-hydrogen) atoms. The largest absolute Gasteiger partial charge is 0.324 e. The molecule has 1 unspecified atom stereocenters. The molecule has 2 N–H and O–H groups in total. The summed E-state index contributed by atoms with van der Waals surface area (Å²) >= 11 is 0. The van der Waals surface area contributed by atoms with Crippen LogP contribution in [0.5, 0.6) is 0 Å². The molecular weight excluding hydrogens is 285 g/mol. The summed E-state index contributed by atoms with van der Waals surface area (Å²) in [4.78, 5) is 9.99. The van der Waals surface area contributed by atoms with Crippen molar-refractivity contribution in [1.29, 1.82) is 0 Å². The molecule has 0 aliphatic rings. The highest BCUT2D eigenvalue weighted by molar-refractivity contribution is 5.34. The molecule has 0 aromatic heterocycles. The van der Waals surface area contributed by atoms with E-state index in [-0.39, 0.29) is 17.7 Å². The van der Waals surface area contributed by atoms with Gasteiger partial charge in [-0.25, -0.2) is 13.2 Å². The molecule has 0 amide bonds. The van der Waals surface area contributed by atoms with Gasteiger partial charge in [-0.3, -0.25) is 10.1 Å². The summed E-state index contributed by atoms with van der Waals surface area (Å²) in [6, 6.07) is 6.57. The molecule has 2 aromatic rings. The Morgan fingerprint density at radius 1 is 1.10 bits per heavy atom. The maximum absolute atomic E-state index is 13.1. The number of non-ortho nitro benzene ring substituents is 1. The van der Waals surface area contributed by atoms with Crippen LogP contribution in [-0.2, 0) is 6.42 Å². The minimum Gasteiger partial charge on any atom is -0.324 e. The summed E-state index contributed by atoms with van der Waals surface area (Å²) in [5.74, 6) is -4.14. The first-order valence-corrected chi connectivity index (χ1v) is 6.02. The lowest BCUT2D eigenvalue weighted by Gasteiger charge is -2.13. The normalized spacial score (nSPS) is 12.2. The number of halogens is 3. The van der Waals surface area contributed by atoms with Crippen molar-refractivity contribution in [3.63, 3.8) is 0 Å². The summed E-state index contributed by atoms with van der Waals surface area (Å²) < 4.78 is 39.1. The van der Waals surface area contributed by atoms with Gasteiger partial charge in [0.15, 0.2) is 17.5 Å². The second kappa shape index (κ2) is 5.92. The minimum atomic E-state index is -1.54. The second-order valence-corrected chi connectivity index (χ2v) is 4.53. The van der Waals surface area contributed by atoms with Crippen molar-refractivity contribution in [3.8, 4) is 0 Å². The number of nitro benzene ring substituents is 1. The van der Waals surface area contributed by atoms with Crippen LogP contribution >= 0.6 is 0 Å². The van der Waals surface area contributed by atoms with Gasteiger partial charge in [0.25, 0.3) is 5.69 Å². The van der Waals surface area contributed by atoms with Crippen molar-refractivity contribution in [2.24, 2.45) is 5.73 Å². The monoisotopic (exact) mass is 296 g/mol. The molecule has 0 saturated carbocycles. The standard InChI is InChI=1S/C14H11F3N2O2/c15-11-6-9(7-12(16)14(11)17)13(18)5-8-1-3-10(4-2-8)19(20)21/h1-4,6-7,13H,5,18H2. The van der Waals surface area contributed by atoms with E-state index in [0.717, 1.165) is 12.1 Å². The highest BCUT2D eigenvalue weighted by Gasteiger charge is 2.15. The predicted molar refractivity (Wildman–Crippen MR) is 70.0 cm³/mol. The van der Waals surface area contributed by atoms with E-state index in [9.17, 15) is 23.3 Å². The first-order valence-electron chi connectivity index (χ1n) is 6.02. The van der Waals surface area contributed by atoms with Gasteiger partial charge in [-0.15, -0.1) is 0 Å². The van der Waals surface area contributed by atoms with Crippen molar-refractivity contribution in [2.45, 2.75) is 12.5 Å². The molecule has 0 saturated heterocycles. The van der Waals surface area contributed by atoms with Crippen LogP contribution in [0.4, 0.5) is 18.9 Å². The zero-order chi connectivity index (χ0) is 15.6. The quantitative estimate of drug-likeness (QED) is 0.535. The van der Waals surface area contributed by atoms with Crippen LogP contribution in [0.15, 0.2) is 36.4 Å². The zero-order valence-electron chi connectivity index (χ0n) is 10.7. The molecule has 4 nitrogen and oxygen atoms in total. The highest BCUT2D eigenvalue weighted by Crippen LogP contribution is 2.22. The summed E-state index contributed by atoms with van der Waals surface area (Å²) in [7, 11) is 0. The average Bonchev–Trinajstić information content (AvgIpc) is 2.44. The Labute approximate surface area is 118 Å². The molecule has 1 atom stereocenters. The Kier molecular flexibility index (Phi) is 4.23. The Hall–Kier alpha value is -2.41.